The smallest absolute Gasteiger partial charge is 0.295 e. The second-order valence-corrected chi connectivity index (χ2v) is 7.29. The summed E-state index contributed by atoms with van der Waals surface area (Å²) in [6.07, 6.45) is 5.92. The van der Waals surface area contributed by atoms with Gasteiger partial charge in [0.2, 0.25) is 0 Å². The van der Waals surface area contributed by atoms with Gasteiger partial charge in [-0.05, 0) is 36.2 Å². The van der Waals surface area contributed by atoms with Crippen LogP contribution in [0.15, 0.2) is 78.9 Å². The zero-order valence-electron chi connectivity index (χ0n) is 17.1. The highest BCUT2D eigenvalue weighted by molar-refractivity contribution is 6.46. The van der Waals surface area contributed by atoms with Gasteiger partial charge in [-0.15, -0.1) is 0 Å². The Hall–Kier alpha value is -3.87. The van der Waals surface area contributed by atoms with Crippen LogP contribution in [0.25, 0.3) is 5.76 Å². The number of hydrogen-bond donors (Lipinski definition) is 1. The number of benzene rings is 2. The molecule has 0 spiro atoms. The molecule has 0 aliphatic carbocycles. The Kier molecular flexibility index (Phi) is 5.84. The Morgan fingerprint density at radius 2 is 1.81 bits per heavy atom. The van der Waals surface area contributed by atoms with Gasteiger partial charge in [0, 0.05) is 31.0 Å². The van der Waals surface area contributed by atoms with E-state index >= 15 is 0 Å². The number of ether oxygens (including phenoxy) is 1. The summed E-state index contributed by atoms with van der Waals surface area (Å²) in [7, 11) is 1.56. The van der Waals surface area contributed by atoms with Crippen LogP contribution in [-0.4, -0.2) is 44.9 Å². The van der Waals surface area contributed by atoms with Crippen molar-refractivity contribution < 1.29 is 19.4 Å². The highest BCUT2D eigenvalue weighted by Gasteiger charge is 2.45. The van der Waals surface area contributed by atoms with Crippen LogP contribution in [0.2, 0.25) is 0 Å². The van der Waals surface area contributed by atoms with Crippen LogP contribution in [0.3, 0.4) is 0 Å². The van der Waals surface area contributed by atoms with Crippen LogP contribution >= 0.6 is 0 Å². The van der Waals surface area contributed by atoms with E-state index in [1.54, 1.807) is 48.8 Å². The number of aromatic nitrogens is 2. The molecule has 1 saturated heterocycles. The second kappa shape index (κ2) is 8.87. The number of hydrogen-bond acceptors (Lipinski definition) is 5. The summed E-state index contributed by atoms with van der Waals surface area (Å²) in [4.78, 5) is 31.5. The number of carbonyl (C=O) groups excluding carboxylic acids is 2. The number of carbonyl (C=O) groups is 2. The molecule has 3 aromatic rings. The average molecular weight is 417 g/mol. The summed E-state index contributed by atoms with van der Waals surface area (Å²) in [5.74, 6) is -0.831. The maximum absolute atomic E-state index is 13.0. The zero-order valence-corrected chi connectivity index (χ0v) is 17.1. The van der Waals surface area contributed by atoms with Crippen molar-refractivity contribution >= 4 is 17.4 Å². The molecule has 1 unspecified atom stereocenters. The van der Waals surface area contributed by atoms with Gasteiger partial charge in [0.1, 0.15) is 11.5 Å². The molecule has 2 aromatic carbocycles. The van der Waals surface area contributed by atoms with Gasteiger partial charge < -0.3 is 19.3 Å². The van der Waals surface area contributed by atoms with Crippen LogP contribution in [-0.2, 0) is 16.1 Å². The van der Waals surface area contributed by atoms with E-state index in [1.165, 1.54) is 0 Å². The van der Waals surface area contributed by atoms with Crippen LogP contribution in [0.5, 0.6) is 5.75 Å². The Balaban J connectivity index is 1.70. The molecule has 0 bridgehead atoms. The highest BCUT2D eigenvalue weighted by atomic mass is 16.5. The normalized spacial score (nSPS) is 17.8. The summed E-state index contributed by atoms with van der Waals surface area (Å²) < 4.78 is 7.08. The van der Waals surface area contributed by atoms with Gasteiger partial charge in [-0.3, -0.25) is 9.59 Å². The first-order valence-electron chi connectivity index (χ1n) is 10.0. The van der Waals surface area contributed by atoms with E-state index < -0.39 is 17.7 Å². The Bertz CT molecular complexity index is 1090. The second-order valence-electron chi connectivity index (χ2n) is 7.29. The molecule has 0 radical (unpaired) electrons. The average Bonchev–Trinajstić information content (AvgIpc) is 3.41. The van der Waals surface area contributed by atoms with Gasteiger partial charge in [0.25, 0.3) is 11.7 Å². The van der Waals surface area contributed by atoms with E-state index in [0.717, 1.165) is 5.56 Å². The fraction of sp³-hybridized carbons (Fsp3) is 0.208. The molecule has 7 nitrogen and oxygen atoms in total. The molecular formula is C24H23N3O4. The molecule has 1 atom stereocenters. The lowest BCUT2D eigenvalue weighted by Gasteiger charge is -2.25. The third-order valence-corrected chi connectivity index (χ3v) is 5.39. The molecule has 2 heterocycles. The summed E-state index contributed by atoms with van der Waals surface area (Å²) in [5.41, 5.74) is 1.33. The number of rotatable bonds is 7. The molecular weight excluding hydrogens is 394 g/mol. The first kappa shape index (κ1) is 20.4. The highest BCUT2D eigenvalue weighted by Crippen LogP contribution is 2.39. The van der Waals surface area contributed by atoms with Crippen molar-refractivity contribution in [3.05, 3.63) is 90.0 Å². The predicted molar refractivity (Wildman–Crippen MR) is 115 cm³/mol. The summed E-state index contributed by atoms with van der Waals surface area (Å²) in [6.45, 7) is 1.05. The number of nitrogens with zero attached hydrogens (tertiary/aromatic N) is 3. The van der Waals surface area contributed by atoms with Crippen molar-refractivity contribution in [1.82, 2.24) is 14.5 Å². The monoisotopic (exact) mass is 417 g/mol. The van der Waals surface area contributed by atoms with E-state index in [9.17, 15) is 14.7 Å². The Labute approximate surface area is 180 Å². The molecule has 1 fully saturated rings. The lowest BCUT2D eigenvalue weighted by atomic mass is 9.95. The minimum atomic E-state index is -0.676. The topological polar surface area (TPSA) is 84.7 Å². The molecule has 1 aliphatic heterocycles. The Morgan fingerprint density at radius 3 is 2.45 bits per heavy atom. The molecule has 1 aliphatic rings. The van der Waals surface area contributed by atoms with Crippen LogP contribution in [0.4, 0.5) is 0 Å². The molecule has 4 rings (SSSR count). The standard InChI is InChI=1S/C24H23N3O4/c1-31-19-10-8-18(9-11-19)22(28)20-21(17-6-3-2-4-7-17)27(24(30)23(20)29)14-5-13-26-15-12-25-16-26/h2-4,6-12,15-16,21,28H,5,13-14H2,1H3. The van der Waals surface area contributed by atoms with Gasteiger partial charge in [0.15, 0.2) is 0 Å². The van der Waals surface area contributed by atoms with E-state index in [-0.39, 0.29) is 11.3 Å². The van der Waals surface area contributed by atoms with Crippen molar-refractivity contribution in [3.63, 3.8) is 0 Å². The van der Waals surface area contributed by atoms with Crippen LogP contribution < -0.4 is 4.74 Å². The third-order valence-electron chi connectivity index (χ3n) is 5.39. The number of imidazole rings is 1. The van der Waals surface area contributed by atoms with E-state index in [4.69, 9.17) is 4.74 Å². The minimum absolute atomic E-state index is 0.101. The van der Waals surface area contributed by atoms with Crippen molar-refractivity contribution in [2.24, 2.45) is 0 Å². The van der Waals surface area contributed by atoms with Crippen molar-refractivity contribution in [3.8, 4) is 5.75 Å². The van der Waals surface area contributed by atoms with Crippen LogP contribution in [0, 0.1) is 0 Å². The fourth-order valence-corrected chi connectivity index (χ4v) is 3.84. The number of likely N-dealkylation sites (tertiary alicyclic amines) is 1. The predicted octanol–water partition coefficient (Wildman–Crippen LogP) is 3.40. The van der Waals surface area contributed by atoms with E-state index in [1.807, 2.05) is 41.1 Å². The molecule has 1 amide bonds. The number of Topliss-reactive ketones (excluding diaryl/α,β-unsaturated/α-hetero) is 1. The van der Waals surface area contributed by atoms with E-state index in [2.05, 4.69) is 4.98 Å². The SMILES string of the molecule is COc1ccc(C(O)=C2C(=O)C(=O)N(CCCn3ccnc3)C2c2ccccc2)cc1. The molecule has 7 heteroatoms. The quantitative estimate of drug-likeness (QED) is 0.362. The number of methoxy groups -OCH3 is 1. The van der Waals surface area contributed by atoms with Crippen LogP contribution in [0.1, 0.15) is 23.6 Å². The molecule has 0 saturated carbocycles. The summed E-state index contributed by atoms with van der Waals surface area (Å²) in [6, 6.07) is 15.4. The Morgan fingerprint density at radius 1 is 1.06 bits per heavy atom. The maximum Gasteiger partial charge on any atom is 0.295 e. The van der Waals surface area contributed by atoms with Gasteiger partial charge in [-0.2, -0.15) is 0 Å². The van der Waals surface area contributed by atoms with Gasteiger partial charge in [-0.1, -0.05) is 30.3 Å². The number of aliphatic hydroxyl groups is 1. The third kappa shape index (κ3) is 4.07. The van der Waals surface area contributed by atoms with Gasteiger partial charge >= 0.3 is 0 Å². The number of aryl methyl sites for hydroxylation is 1. The minimum Gasteiger partial charge on any atom is -0.507 e. The summed E-state index contributed by atoms with van der Waals surface area (Å²) >= 11 is 0. The molecule has 158 valence electrons. The largest absolute Gasteiger partial charge is 0.507 e. The van der Waals surface area contributed by atoms with Gasteiger partial charge in [-0.25, -0.2) is 4.98 Å². The lowest BCUT2D eigenvalue weighted by molar-refractivity contribution is -0.139. The number of ketones is 1. The van der Waals surface area contributed by atoms with Crippen molar-refractivity contribution in [2.75, 3.05) is 13.7 Å². The molecule has 31 heavy (non-hydrogen) atoms. The molecule has 1 aromatic heterocycles. The molecule has 1 N–H and O–H groups in total. The van der Waals surface area contributed by atoms with E-state index in [0.29, 0.717) is 30.8 Å². The first-order valence-corrected chi connectivity index (χ1v) is 10.0. The first-order chi connectivity index (χ1) is 15.1. The van der Waals surface area contributed by atoms with Crippen molar-refractivity contribution in [2.45, 2.75) is 19.0 Å². The number of aliphatic hydroxyl groups excluding tert-OH is 1. The summed E-state index contributed by atoms with van der Waals surface area (Å²) in [5, 5.41) is 11.0. The van der Waals surface area contributed by atoms with Crippen molar-refractivity contribution in [1.29, 1.82) is 0 Å². The maximum atomic E-state index is 13.0. The lowest BCUT2D eigenvalue weighted by Crippen LogP contribution is -2.31. The fourth-order valence-electron chi connectivity index (χ4n) is 3.84. The zero-order chi connectivity index (χ0) is 21.8. The number of amides is 1. The van der Waals surface area contributed by atoms with Gasteiger partial charge in [0.05, 0.1) is 25.1 Å².